The topological polar surface area (TPSA) is 114 Å². The first-order chi connectivity index (χ1) is 29.9. The summed E-state index contributed by atoms with van der Waals surface area (Å²) in [5.74, 6) is -0.568. The van der Waals surface area contributed by atoms with Gasteiger partial charge in [-0.05, 0) is 63.9 Å². The van der Waals surface area contributed by atoms with Gasteiger partial charge in [-0.1, -0.05) is 192 Å². The third kappa shape index (κ3) is 43.2. The standard InChI is InChI=1S/C52H97N2O7P/c1-7-10-13-16-19-22-25-26-27-30-32-35-38-41-44-51(55)53-49(48-60-62(57,58)59-47-46-54(4,5)6)50(43-40-37-34-31-28-23-20-17-14-11-8-2)61-52(56)45-42-39-36-33-29-24-21-18-15-12-9-3/h10,13,19,22,26-27,40,43,49-50H,7-9,11-12,14-18,20-21,23-25,28-39,41-42,44-48H2,1-6H3,(H-,53,55,57,58)/b13-10+,22-19+,27-26+,43-40+. The van der Waals surface area contributed by atoms with Crippen molar-refractivity contribution in [3.05, 3.63) is 48.6 Å². The Morgan fingerprint density at radius 2 is 1.03 bits per heavy atom. The molecule has 0 aromatic carbocycles. The molecule has 0 rings (SSSR count). The minimum Gasteiger partial charge on any atom is -0.756 e. The average Bonchev–Trinajstić information content (AvgIpc) is 3.22. The number of likely N-dealkylation sites (N-methyl/N-ethyl adjacent to an activating group) is 1. The van der Waals surface area contributed by atoms with Gasteiger partial charge in [-0.15, -0.1) is 0 Å². The number of allylic oxidation sites excluding steroid dienone is 7. The molecule has 0 bridgehead atoms. The predicted molar refractivity (Wildman–Crippen MR) is 261 cm³/mol. The van der Waals surface area contributed by atoms with E-state index >= 15 is 0 Å². The molecule has 0 fully saturated rings. The van der Waals surface area contributed by atoms with E-state index in [1.165, 1.54) is 96.3 Å². The number of nitrogens with zero attached hydrogens (tertiary/aromatic N) is 1. The SMILES string of the molecule is CC/C=C/C/C=C/C/C=C/CCCCCCC(=O)NC(COP(=O)([O-])OCC[N+](C)(C)C)C(/C=C/CCCCCCCCCCC)OC(=O)CCCCCCCCCCCCC. The highest BCUT2D eigenvalue weighted by Crippen LogP contribution is 2.38. The fourth-order valence-electron chi connectivity index (χ4n) is 7.06. The smallest absolute Gasteiger partial charge is 0.306 e. The summed E-state index contributed by atoms with van der Waals surface area (Å²) in [4.78, 5) is 39.6. The number of quaternary nitrogens is 1. The number of hydrogen-bond acceptors (Lipinski definition) is 7. The van der Waals surface area contributed by atoms with Crippen LogP contribution >= 0.6 is 7.82 Å². The molecule has 0 aliphatic rings. The van der Waals surface area contributed by atoms with Gasteiger partial charge in [0.1, 0.15) is 19.3 Å². The average molecular weight is 893 g/mol. The maximum absolute atomic E-state index is 13.4. The normalized spacial score (nSPS) is 14.4. The number of carbonyl (C=O) groups is 2. The van der Waals surface area contributed by atoms with E-state index in [0.717, 1.165) is 83.5 Å². The van der Waals surface area contributed by atoms with E-state index in [9.17, 15) is 19.0 Å². The molecule has 0 aromatic rings. The van der Waals surface area contributed by atoms with Gasteiger partial charge >= 0.3 is 5.97 Å². The Morgan fingerprint density at radius 1 is 0.581 bits per heavy atom. The lowest BCUT2D eigenvalue weighted by Crippen LogP contribution is -2.47. The van der Waals surface area contributed by atoms with Crippen molar-refractivity contribution in [2.45, 2.75) is 232 Å². The lowest BCUT2D eigenvalue weighted by Gasteiger charge is -2.30. The van der Waals surface area contributed by atoms with Crippen LogP contribution in [0.2, 0.25) is 0 Å². The molecule has 62 heavy (non-hydrogen) atoms. The van der Waals surface area contributed by atoms with Crippen LogP contribution in [-0.4, -0.2) is 69.4 Å². The third-order valence-corrected chi connectivity index (χ3v) is 12.0. The quantitative estimate of drug-likeness (QED) is 0.0213. The molecule has 0 aliphatic carbocycles. The molecular weight excluding hydrogens is 796 g/mol. The van der Waals surface area contributed by atoms with Gasteiger partial charge in [-0.2, -0.15) is 0 Å². The Bertz CT molecular complexity index is 1210. The summed E-state index contributed by atoms with van der Waals surface area (Å²) in [7, 11) is 1.17. The summed E-state index contributed by atoms with van der Waals surface area (Å²) in [5.41, 5.74) is 0. The van der Waals surface area contributed by atoms with E-state index < -0.39 is 26.6 Å². The molecule has 0 radical (unpaired) electrons. The fourth-order valence-corrected chi connectivity index (χ4v) is 7.79. The predicted octanol–water partition coefficient (Wildman–Crippen LogP) is 14.0. The van der Waals surface area contributed by atoms with Gasteiger partial charge in [-0.25, -0.2) is 0 Å². The van der Waals surface area contributed by atoms with Crippen LogP contribution < -0.4 is 10.2 Å². The van der Waals surface area contributed by atoms with Crippen molar-refractivity contribution >= 4 is 19.7 Å². The molecule has 1 N–H and O–H groups in total. The van der Waals surface area contributed by atoms with Crippen molar-refractivity contribution in [3.63, 3.8) is 0 Å². The number of hydrogen-bond donors (Lipinski definition) is 1. The first-order valence-electron chi connectivity index (χ1n) is 25.4. The van der Waals surface area contributed by atoms with Crippen LogP contribution in [-0.2, 0) is 27.9 Å². The number of rotatable bonds is 45. The second-order valence-electron chi connectivity index (χ2n) is 18.3. The summed E-state index contributed by atoms with van der Waals surface area (Å²) < 4.78 is 30.0. The molecule has 0 saturated heterocycles. The summed E-state index contributed by atoms with van der Waals surface area (Å²) in [6.07, 6.45) is 49.3. The van der Waals surface area contributed by atoms with Crippen molar-refractivity contribution in [2.75, 3.05) is 40.9 Å². The highest BCUT2D eigenvalue weighted by Gasteiger charge is 2.27. The van der Waals surface area contributed by atoms with Crippen molar-refractivity contribution in [3.8, 4) is 0 Å². The first-order valence-corrected chi connectivity index (χ1v) is 26.9. The number of phosphoric ester groups is 1. The lowest BCUT2D eigenvalue weighted by atomic mass is 10.0. The molecule has 10 heteroatoms. The molecule has 1 amide bonds. The summed E-state index contributed by atoms with van der Waals surface area (Å²) >= 11 is 0. The van der Waals surface area contributed by atoms with Gasteiger partial charge < -0.3 is 28.5 Å². The van der Waals surface area contributed by atoms with Crippen molar-refractivity contribution in [1.29, 1.82) is 0 Å². The highest BCUT2D eigenvalue weighted by molar-refractivity contribution is 7.45. The van der Waals surface area contributed by atoms with Crippen LogP contribution in [0.15, 0.2) is 48.6 Å². The number of esters is 1. The van der Waals surface area contributed by atoms with E-state index in [2.05, 4.69) is 62.5 Å². The zero-order valence-electron chi connectivity index (χ0n) is 41.1. The molecule has 362 valence electrons. The number of nitrogens with one attached hydrogen (secondary N) is 1. The molecule has 3 atom stereocenters. The van der Waals surface area contributed by atoms with Crippen molar-refractivity contribution in [1.82, 2.24) is 5.32 Å². The molecule has 0 spiro atoms. The van der Waals surface area contributed by atoms with Gasteiger partial charge in [0.2, 0.25) is 5.91 Å². The van der Waals surface area contributed by atoms with Crippen LogP contribution in [0.5, 0.6) is 0 Å². The Kier molecular flexibility index (Phi) is 41.5. The fraction of sp³-hybridized carbons (Fsp3) is 0.808. The molecule has 0 aromatic heterocycles. The molecular formula is C52H97N2O7P. The van der Waals surface area contributed by atoms with Crippen LogP contribution in [0.4, 0.5) is 0 Å². The number of ether oxygens (including phenoxy) is 1. The van der Waals surface area contributed by atoms with E-state index in [-0.39, 0.29) is 24.9 Å². The van der Waals surface area contributed by atoms with Gasteiger partial charge in [0.25, 0.3) is 7.82 Å². The van der Waals surface area contributed by atoms with Gasteiger partial charge in [-0.3, -0.25) is 14.2 Å². The van der Waals surface area contributed by atoms with E-state index in [1.807, 2.05) is 33.3 Å². The van der Waals surface area contributed by atoms with E-state index in [4.69, 9.17) is 13.8 Å². The van der Waals surface area contributed by atoms with Gasteiger partial charge in [0, 0.05) is 12.8 Å². The molecule has 0 heterocycles. The maximum Gasteiger partial charge on any atom is 0.306 e. The lowest BCUT2D eigenvalue weighted by molar-refractivity contribution is -0.870. The van der Waals surface area contributed by atoms with Crippen LogP contribution in [0.3, 0.4) is 0 Å². The molecule has 9 nitrogen and oxygen atoms in total. The van der Waals surface area contributed by atoms with E-state index in [1.54, 1.807) is 0 Å². The van der Waals surface area contributed by atoms with Gasteiger partial charge in [0.05, 0.1) is 33.8 Å². The Balaban J connectivity index is 5.46. The van der Waals surface area contributed by atoms with Crippen molar-refractivity contribution < 1.29 is 37.3 Å². The second-order valence-corrected chi connectivity index (χ2v) is 19.7. The Hall–Kier alpha value is -2.03. The first kappa shape index (κ1) is 60.0. The zero-order chi connectivity index (χ0) is 45.8. The largest absolute Gasteiger partial charge is 0.756 e. The minimum atomic E-state index is -4.69. The van der Waals surface area contributed by atoms with Crippen LogP contribution in [0, 0.1) is 0 Å². The van der Waals surface area contributed by atoms with Crippen LogP contribution in [0.1, 0.15) is 220 Å². The van der Waals surface area contributed by atoms with E-state index in [0.29, 0.717) is 23.9 Å². The minimum absolute atomic E-state index is 0.0267. The summed E-state index contributed by atoms with van der Waals surface area (Å²) in [5, 5.41) is 2.99. The zero-order valence-corrected chi connectivity index (χ0v) is 42.0. The Labute approximate surface area is 382 Å². The summed E-state index contributed by atoms with van der Waals surface area (Å²) in [6.45, 7) is 6.68. The molecule has 0 saturated carbocycles. The molecule has 3 unspecified atom stereocenters. The number of carbonyl (C=O) groups excluding carboxylic acids is 2. The summed E-state index contributed by atoms with van der Waals surface area (Å²) in [6, 6.07) is -0.894. The monoisotopic (exact) mass is 893 g/mol. The number of phosphoric acid groups is 1. The maximum atomic E-state index is 13.4. The molecule has 0 aliphatic heterocycles. The second kappa shape index (κ2) is 42.9. The third-order valence-electron chi connectivity index (χ3n) is 11.0. The highest BCUT2D eigenvalue weighted by atomic mass is 31.2. The van der Waals surface area contributed by atoms with Crippen molar-refractivity contribution in [2.24, 2.45) is 0 Å². The number of amides is 1. The number of unbranched alkanes of at least 4 members (excludes halogenated alkanes) is 23. The Morgan fingerprint density at radius 3 is 1.55 bits per heavy atom. The van der Waals surface area contributed by atoms with Crippen LogP contribution in [0.25, 0.3) is 0 Å². The van der Waals surface area contributed by atoms with Gasteiger partial charge in [0.15, 0.2) is 0 Å².